The quantitative estimate of drug-likeness (QED) is 0.699. The highest BCUT2D eigenvalue weighted by molar-refractivity contribution is 9.11. The Kier molecular flexibility index (Phi) is 3.54. The minimum atomic E-state index is 0.736. The third kappa shape index (κ3) is 2.65. The summed E-state index contributed by atoms with van der Waals surface area (Å²) in [6.07, 6.45) is 2.71. The molecule has 2 aromatic carbocycles. The van der Waals surface area contributed by atoms with Gasteiger partial charge in [-0.1, -0.05) is 63.9 Å². The zero-order chi connectivity index (χ0) is 13.2. The molecule has 0 N–H and O–H groups in total. The molecule has 3 rings (SSSR count). The summed E-state index contributed by atoms with van der Waals surface area (Å²) < 4.78 is 1.07. The fourth-order valence-corrected chi connectivity index (χ4v) is 2.76. The Morgan fingerprint density at radius 2 is 1.84 bits per heavy atom. The lowest BCUT2D eigenvalue weighted by Crippen LogP contribution is -2.05. The molecule has 1 aliphatic rings. The molecule has 1 aliphatic heterocycles. The van der Waals surface area contributed by atoms with E-state index >= 15 is 0 Å². The summed E-state index contributed by atoms with van der Waals surface area (Å²) in [6, 6.07) is 16.2. The second-order valence-electron chi connectivity index (χ2n) is 4.40. The molecule has 0 aromatic heterocycles. The van der Waals surface area contributed by atoms with E-state index in [0.717, 1.165) is 32.8 Å². The van der Waals surface area contributed by atoms with Gasteiger partial charge in [-0.3, -0.25) is 4.99 Å². The zero-order valence-electron chi connectivity index (χ0n) is 10.1. The normalized spacial score (nSPS) is 14.2. The maximum absolute atomic E-state index is 6.14. The number of allylic oxidation sites excluding steroid dienone is 1. The lowest BCUT2D eigenvalue weighted by Gasteiger charge is -2.10. The van der Waals surface area contributed by atoms with Gasteiger partial charge in [-0.25, -0.2) is 0 Å². The van der Waals surface area contributed by atoms with Crippen molar-refractivity contribution in [2.45, 2.75) is 6.42 Å². The lowest BCUT2D eigenvalue weighted by molar-refractivity contribution is 1.25. The van der Waals surface area contributed by atoms with Crippen LogP contribution in [0.2, 0.25) is 5.02 Å². The summed E-state index contributed by atoms with van der Waals surface area (Å²) in [4.78, 5) is 4.61. The third-order valence-corrected chi connectivity index (χ3v) is 3.79. The summed E-state index contributed by atoms with van der Waals surface area (Å²) in [6.45, 7) is 0. The SMILES string of the molecule is Clc1ccc2c(c1)C(c1ccccc1)=NC=C(Br)C2. The van der Waals surface area contributed by atoms with Crippen LogP contribution in [0.25, 0.3) is 0 Å². The van der Waals surface area contributed by atoms with Gasteiger partial charge in [-0.15, -0.1) is 0 Å². The first-order valence-electron chi connectivity index (χ1n) is 6.00. The van der Waals surface area contributed by atoms with Crippen LogP contribution in [-0.4, -0.2) is 5.71 Å². The lowest BCUT2D eigenvalue weighted by atomic mass is 9.96. The number of aliphatic imine (C=N–C) groups is 1. The van der Waals surface area contributed by atoms with Crippen molar-refractivity contribution in [1.82, 2.24) is 0 Å². The van der Waals surface area contributed by atoms with Gasteiger partial charge in [0.05, 0.1) is 5.71 Å². The van der Waals surface area contributed by atoms with Crippen LogP contribution >= 0.6 is 27.5 Å². The van der Waals surface area contributed by atoms with Crippen molar-refractivity contribution in [2.75, 3.05) is 0 Å². The molecule has 0 atom stereocenters. The maximum Gasteiger partial charge on any atom is 0.0777 e. The molecule has 0 fully saturated rings. The minimum absolute atomic E-state index is 0.736. The third-order valence-electron chi connectivity index (χ3n) is 3.07. The molecular formula is C16H11BrClN. The first-order valence-corrected chi connectivity index (χ1v) is 7.18. The Morgan fingerprint density at radius 1 is 1.05 bits per heavy atom. The number of benzene rings is 2. The van der Waals surface area contributed by atoms with E-state index < -0.39 is 0 Å². The molecule has 1 heterocycles. The Bertz CT molecular complexity index is 674. The van der Waals surface area contributed by atoms with Crippen molar-refractivity contribution in [3.8, 4) is 0 Å². The first kappa shape index (κ1) is 12.6. The summed E-state index contributed by atoms with van der Waals surface area (Å²) in [5.74, 6) is 0. The molecule has 94 valence electrons. The molecule has 0 amide bonds. The van der Waals surface area contributed by atoms with Crippen molar-refractivity contribution in [3.05, 3.63) is 80.9 Å². The number of fused-ring (bicyclic) bond motifs is 1. The number of rotatable bonds is 1. The summed E-state index contributed by atoms with van der Waals surface area (Å²) >= 11 is 9.68. The fraction of sp³-hybridized carbons (Fsp3) is 0.0625. The van der Waals surface area contributed by atoms with E-state index in [2.05, 4.69) is 39.1 Å². The van der Waals surface area contributed by atoms with Crippen molar-refractivity contribution < 1.29 is 0 Å². The molecule has 0 saturated carbocycles. The van der Waals surface area contributed by atoms with E-state index in [0.29, 0.717) is 0 Å². The standard InChI is InChI=1S/C16H11BrClN/c17-13-8-12-6-7-14(18)9-15(12)16(19-10-13)11-4-2-1-3-5-11/h1-7,9-10H,8H2. The monoisotopic (exact) mass is 331 g/mol. The zero-order valence-corrected chi connectivity index (χ0v) is 12.4. The van der Waals surface area contributed by atoms with Crippen LogP contribution in [0.4, 0.5) is 0 Å². The van der Waals surface area contributed by atoms with Crippen LogP contribution in [0.3, 0.4) is 0 Å². The summed E-state index contributed by atoms with van der Waals surface area (Å²) in [7, 11) is 0. The Balaban J connectivity index is 2.21. The van der Waals surface area contributed by atoms with Crippen LogP contribution in [-0.2, 0) is 6.42 Å². The predicted molar refractivity (Wildman–Crippen MR) is 84.2 cm³/mol. The van der Waals surface area contributed by atoms with Crippen LogP contribution in [0, 0.1) is 0 Å². The van der Waals surface area contributed by atoms with Gasteiger partial charge in [-0.05, 0) is 17.7 Å². The summed E-state index contributed by atoms with van der Waals surface area (Å²) in [5.41, 5.74) is 4.40. The molecule has 1 nitrogen and oxygen atoms in total. The topological polar surface area (TPSA) is 12.4 Å². The first-order chi connectivity index (χ1) is 9.24. The van der Waals surface area contributed by atoms with Crippen LogP contribution in [0.15, 0.2) is 64.2 Å². The molecular weight excluding hydrogens is 322 g/mol. The molecule has 0 spiro atoms. The second kappa shape index (κ2) is 5.32. The van der Waals surface area contributed by atoms with E-state index in [-0.39, 0.29) is 0 Å². The van der Waals surface area contributed by atoms with Gasteiger partial charge in [0.25, 0.3) is 0 Å². The van der Waals surface area contributed by atoms with Gasteiger partial charge in [0.15, 0.2) is 0 Å². The minimum Gasteiger partial charge on any atom is -0.255 e. The van der Waals surface area contributed by atoms with Gasteiger partial charge < -0.3 is 0 Å². The highest BCUT2D eigenvalue weighted by Gasteiger charge is 2.15. The van der Waals surface area contributed by atoms with E-state index in [1.807, 2.05) is 36.5 Å². The van der Waals surface area contributed by atoms with Crippen LogP contribution < -0.4 is 0 Å². The highest BCUT2D eigenvalue weighted by atomic mass is 79.9. The Labute approximate surface area is 125 Å². The van der Waals surface area contributed by atoms with Gasteiger partial charge >= 0.3 is 0 Å². The number of nitrogens with zero attached hydrogens (tertiary/aromatic N) is 1. The van der Waals surface area contributed by atoms with Crippen molar-refractivity contribution in [2.24, 2.45) is 4.99 Å². The molecule has 2 aromatic rings. The molecule has 0 unspecified atom stereocenters. The average Bonchev–Trinajstić information content (AvgIpc) is 2.58. The van der Waals surface area contributed by atoms with Crippen molar-refractivity contribution >= 4 is 33.2 Å². The average molecular weight is 333 g/mol. The largest absolute Gasteiger partial charge is 0.255 e. The number of hydrogen-bond donors (Lipinski definition) is 0. The highest BCUT2D eigenvalue weighted by Crippen LogP contribution is 2.26. The molecule has 0 bridgehead atoms. The molecule has 0 radical (unpaired) electrons. The van der Waals surface area contributed by atoms with Crippen LogP contribution in [0.1, 0.15) is 16.7 Å². The van der Waals surface area contributed by atoms with Gasteiger partial charge in [0.2, 0.25) is 0 Å². The Morgan fingerprint density at radius 3 is 2.63 bits per heavy atom. The van der Waals surface area contributed by atoms with E-state index in [1.165, 1.54) is 5.56 Å². The van der Waals surface area contributed by atoms with E-state index in [9.17, 15) is 0 Å². The number of hydrogen-bond acceptors (Lipinski definition) is 1. The van der Waals surface area contributed by atoms with E-state index in [1.54, 1.807) is 0 Å². The van der Waals surface area contributed by atoms with Gasteiger partial charge in [-0.2, -0.15) is 0 Å². The fourth-order valence-electron chi connectivity index (χ4n) is 2.18. The molecule has 0 aliphatic carbocycles. The van der Waals surface area contributed by atoms with Crippen molar-refractivity contribution in [1.29, 1.82) is 0 Å². The van der Waals surface area contributed by atoms with Crippen LogP contribution in [0.5, 0.6) is 0 Å². The number of halogens is 2. The predicted octanol–water partition coefficient (Wildman–Crippen LogP) is 4.97. The summed E-state index contributed by atoms with van der Waals surface area (Å²) in [5, 5.41) is 0.736. The Hall–Kier alpha value is -1.38. The molecule has 3 heteroatoms. The van der Waals surface area contributed by atoms with Gasteiger partial charge in [0.1, 0.15) is 0 Å². The molecule has 19 heavy (non-hydrogen) atoms. The van der Waals surface area contributed by atoms with E-state index in [4.69, 9.17) is 11.6 Å². The molecule has 0 saturated heterocycles. The van der Waals surface area contributed by atoms with Crippen molar-refractivity contribution in [3.63, 3.8) is 0 Å². The second-order valence-corrected chi connectivity index (χ2v) is 5.85. The smallest absolute Gasteiger partial charge is 0.0777 e. The van der Waals surface area contributed by atoms with Gasteiger partial charge in [0, 0.05) is 33.3 Å². The maximum atomic E-state index is 6.14.